The number of aromatic nitrogens is 1. The van der Waals surface area contributed by atoms with E-state index in [0.717, 1.165) is 5.56 Å². The minimum absolute atomic E-state index is 0.0362. The molecule has 0 saturated carbocycles. The first-order valence-corrected chi connectivity index (χ1v) is 8.97. The van der Waals surface area contributed by atoms with Crippen LogP contribution in [0.3, 0.4) is 0 Å². The Labute approximate surface area is 167 Å². The van der Waals surface area contributed by atoms with Gasteiger partial charge in [0.05, 0.1) is 24.4 Å². The number of aromatic hydroxyl groups is 1. The number of nitrogens with one attached hydrogen (secondary N) is 1. The molecule has 0 spiro atoms. The van der Waals surface area contributed by atoms with E-state index in [9.17, 15) is 9.50 Å². The third-order valence-corrected chi connectivity index (χ3v) is 4.48. The summed E-state index contributed by atoms with van der Waals surface area (Å²) in [6.45, 7) is 1.06. The van der Waals surface area contributed by atoms with E-state index in [1.165, 1.54) is 25.3 Å². The summed E-state index contributed by atoms with van der Waals surface area (Å²) < 4.78 is 24.1. The van der Waals surface area contributed by atoms with Crippen LogP contribution in [0, 0.1) is 5.82 Å². The number of phenolic OH excluding ortho intramolecular Hbond substituents is 1. The van der Waals surface area contributed by atoms with E-state index in [0.29, 0.717) is 41.5 Å². The summed E-state index contributed by atoms with van der Waals surface area (Å²) in [6.07, 6.45) is 0. The predicted molar refractivity (Wildman–Crippen MR) is 109 cm³/mol. The highest BCUT2D eigenvalue weighted by Gasteiger charge is 2.12. The van der Waals surface area contributed by atoms with Gasteiger partial charge < -0.3 is 19.9 Å². The van der Waals surface area contributed by atoms with Gasteiger partial charge in [-0.25, -0.2) is 9.37 Å². The number of hydrogen-bond acceptors (Lipinski definition) is 5. The van der Waals surface area contributed by atoms with Crippen LogP contribution < -0.4 is 10.1 Å². The average molecular weight is 403 g/mol. The van der Waals surface area contributed by atoms with Crippen LogP contribution in [0.2, 0.25) is 5.02 Å². The van der Waals surface area contributed by atoms with Gasteiger partial charge in [-0.1, -0.05) is 17.7 Å². The first kappa shape index (κ1) is 19.9. The first-order chi connectivity index (χ1) is 13.5. The quantitative estimate of drug-likeness (QED) is 0.545. The molecule has 0 unspecified atom stereocenters. The summed E-state index contributed by atoms with van der Waals surface area (Å²) in [7, 11) is 3.14. The Bertz CT molecular complexity index is 982. The Morgan fingerprint density at radius 2 is 1.89 bits per heavy atom. The molecule has 2 aromatic carbocycles. The van der Waals surface area contributed by atoms with Crippen LogP contribution in [0.25, 0.3) is 22.4 Å². The molecule has 3 rings (SSSR count). The van der Waals surface area contributed by atoms with Crippen molar-refractivity contribution in [2.24, 2.45) is 0 Å². The molecule has 1 aromatic heterocycles. The van der Waals surface area contributed by atoms with Crippen LogP contribution >= 0.6 is 11.6 Å². The van der Waals surface area contributed by atoms with Crippen molar-refractivity contribution < 1.29 is 19.0 Å². The van der Waals surface area contributed by atoms with E-state index in [2.05, 4.69) is 10.3 Å². The Morgan fingerprint density at radius 1 is 1.07 bits per heavy atom. The molecule has 0 radical (unpaired) electrons. The van der Waals surface area contributed by atoms with Crippen LogP contribution in [0.1, 0.15) is 0 Å². The van der Waals surface area contributed by atoms with Crippen molar-refractivity contribution in [1.29, 1.82) is 0 Å². The van der Waals surface area contributed by atoms with Crippen molar-refractivity contribution in [2.45, 2.75) is 0 Å². The number of methoxy groups -OCH3 is 2. The highest BCUT2D eigenvalue weighted by atomic mass is 35.5. The smallest absolute Gasteiger partial charge is 0.142 e. The SMILES string of the molecule is COCCNc1cc(-c2ccc(Cl)c(F)c2)cc(-c2ccc(OC)cc2O)n1. The number of benzene rings is 2. The Hall–Kier alpha value is -2.83. The van der Waals surface area contributed by atoms with Crippen molar-refractivity contribution in [3.63, 3.8) is 0 Å². The van der Waals surface area contributed by atoms with Gasteiger partial charge in [-0.15, -0.1) is 0 Å². The molecule has 146 valence electrons. The molecule has 0 atom stereocenters. The maximum atomic E-state index is 14.0. The first-order valence-electron chi connectivity index (χ1n) is 8.59. The number of hydrogen-bond donors (Lipinski definition) is 2. The second-order valence-electron chi connectivity index (χ2n) is 6.06. The van der Waals surface area contributed by atoms with Gasteiger partial charge in [-0.3, -0.25) is 0 Å². The van der Waals surface area contributed by atoms with Gasteiger partial charge in [0.2, 0.25) is 0 Å². The molecule has 0 bridgehead atoms. The summed E-state index contributed by atoms with van der Waals surface area (Å²) in [6, 6.07) is 13.2. The monoisotopic (exact) mass is 402 g/mol. The lowest BCUT2D eigenvalue weighted by Crippen LogP contribution is -2.09. The molecule has 3 aromatic rings. The minimum Gasteiger partial charge on any atom is -0.507 e. The minimum atomic E-state index is -0.501. The van der Waals surface area contributed by atoms with Gasteiger partial charge in [0.25, 0.3) is 0 Å². The lowest BCUT2D eigenvalue weighted by molar-refractivity contribution is 0.210. The molecule has 0 aliphatic rings. The van der Waals surface area contributed by atoms with Crippen LogP contribution in [-0.2, 0) is 4.74 Å². The number of halogens is 2. The van der Waals surface area contributed by atoms with Crippen molar-refractivity contribution in [3.05, 3.63) is 59.4 Å². The van der Waals surface area contributed by atoms with Gasteiger partial charge in [-0.2, -0.15) is 0 Å². The number of ether oxygens (including phenoxy) is 2. The molecule has 0 aliphatic heterocycles. The van der Waals surface area contributed by atoms with Crippen molar-refractivity contribution in [1.82, 2.24) is 4.98 Å². The summed E-state index contributed by atoms with van der Waals surface area (Å²) in [5.41, 5.74) is 2.45. The maximum absolute atomic E-state index is 14.0. The van der Waals surface area contributed by atoms with Gasteiger partial charge in [0, 0.05) is 25.3 Å². The third-order valence-electron chi connectivity index (χ3n) is 4.17. The highest BCUT2D eigenvalue weighted by molar-refractivity contribution is 6.30. The van der Waals surface area contributed by atoms with Crippen molar-refractivity contribution in [2.75, 3.05) is 32.7 Å². The zero-order valence-electron chi connectivity index (χ0n) is 15.5. The Balaban J connectivity index is 2.08. The van der Waals surface area contributed by atoms with Gasteiger partial charge >= 0.3 is 0 Å². The second kappa shape index (κ2) is 8.91. The molecule has 0 fully saturated rings. The fourth-order valence-electron chi connectivity index (χ4n) is 2.74. The zero-order valence-corrected chi connectivity index (χ0v) is 16.3. The summed E-state index contributed by atoms with van der Waals surface area (Å²) >= 11 is 5.80. The molecule has 5 nitrogen and oxygen atoms in total. The van der Waals surface area contributed by atoms with E-state index < -0.39 is 5.82 Å². The molecule has 0 saturated heterocycles. The standard InChI is InChI=1S/C21H20ClFN2O3/c1-27-8-7-24-21-11-14(13-3-6-17(22)18(23)9-13)10-19(25-21)16-5-4-15(28-2)12-20(16)26/h3-6,9-12,26H,7-8H2,1-2H3,(H,24,25). The molecule has 2 N–H and O–H groups in total. The highest BCUT2D eigenvalue weighted by Crippen LogP contribution is 2.35. The second-order valence-corrected chi connectivity index (χ2v) is 6.47. The molecule has 7 heteroatoms. The average Bonchev–Trinajstić information content (AvgIpc) is 2.70. The fraction of sp³-hybridized carbons (Fsp3) is 0.190. The molecule has 28 heavy (non-hydrogen) atoms. The molecule has 1 heterocycles. The van der Waals surface area contributed by atoms with Gasteiger partial charge in [0.1, 0.15) is 23.1 Å². The molecule has 0 amide bonds. The number of pyridine rings is 1. The van der Waals surface area contributed by atoms with E-state index in [1.807, 2.05) is 6.07 Å². The van der Waals surface area contributed by atoms with Crippen LogP contribution in [0.4, 0.5) is 10.2 Å². The van der Waals surface area contributed by atoms with E-state index >= 15 is 0 Å². The van der Waals surface area contributed by atoms with Gasteiger partial charge in [-0.05, 0) is 47.5 Å². The van der Waals surface area contributed by atoms with Crippen molar-refractivity contribution in [3.8, 4) is 33.9 Å². The molecular weight excluding hydrogens is 383 g/mol. The van der Waals surface area contributed by atoms with Crippen molar-refractivity contribution >= 4 is 17.4 Å². The normalized spacial score (nSPS) is 10.7. The number of phenols is 1. The van der Waals surface area contributed by atoms with E-state index in [4.69, 9.17) is 21.1 Å². The third kappa shape index (κ3) is 4.52. The summed E-state index contributed by atoms with van der Waals surface area (Å²) in [5.74, 6) is 0.651. The lowest BCUT2D eigenvalue weighted by Gasteiger charge is -2.13. The zero-order chi connectivity index (χ0) is 20.1. The summed E-state index contributed by atoms with van der Waals surface area (Å²) in [4.78, 5) is 4.57. The number of anilines is 1. The van der Waals surface area contributed by atoms with Crippen LogP contribution in [0.5, 0.6) is 11.5 Å². The predicted octanol–water partition coefficient (Wildman–Crippen LogP) is 4.98. The number of nitrogens with zero attached hydrogens (tertiary/aromatic N) is 1. The van der Waals surface area contributed by atoms with Crippen LogP contribution in [-0.4, -0.2) is 37.5 Å². The van der Waals surface area contributed by atoms with Crippen LogP contribution in [0.15, 0.2) is 48.5 Å². The van der Waals surface area contributed by atoms with E-state index in [1.54, 1.807) is 31.4 Å². The molecular formula is C21H20ClFN2O3. The Morgan fingerprint density at radius 3 is 2.57 bits per heavy atom. The maximum Gasteiger partial charge on any atom is 0.142 e. The van der Waals surface area contributed by atoms with Gasteiger partial charge in [0.15, 0.2) is 0 Å². The topological polar surface area (TPSA) is 63.6 Å². The summed E-state index contributed by atoms with van der Waals surface area (Å²) in [5, 5.41) is 13.6. The largest absolute Gasteiger partial charge is 0.507 e. The number of rotatable bonds is 7. The Kier molecular flexibility index (Phi) is 6.34. The van der Waals surface area contributed by atoms with E-state index in [-0.39, 0.29) is 10.8 Å². The molecule has 0 aliphatic carbocycles. The lowest BCUT2D eigenvalue weighted by atomic mass is 10.0. The fourth-order valence-corrected chi connectivity index (χ4v) is 2.86.